The van der Waals surface area contributed by atoms with Gasteiger partial charge in [0.15, 0.2) is 0 Å². The maximum absolute atomic E-state index is 10.6. The first-order valence-corrected chi connectivity index (χ1v) is 5.08. The summed E-state index contributed by atoms with van der Waals surface area (Å²) in [4.78, 5) is 24.4. The minimum absolute atomic E-state index is 0.0474. The molecule has 0 fully saturated rings. The number of nitro groups is 1. The van der Waals surface area contributed by atoms with Crippen molar-refractivity contribution in [3.05, 3.63) is 28.4 Å². The molecule has 17 heavy (non-hydrogen) atoms. The molecule has 0 aromatic carbocycles. The molecule has 7 heteroatoms. The molecule has 1 rings (SSSR count). The number of hydrogen-bond acceptors (Lipinski definition) is 5. The van der Waals surface area contributed by atoms with Crippen LogP contribution in [0.3, 0.4) is 0 Å². The van der Waals surface area contributed by atoms with Crippen LogP contribution in [0.1, 0.15) is 13.3 Å². The van der Waals surface area contributed by atoms with E-state index in [0.29, 0.717) is 18.8 Å². The van der Waals surface area contributed by atoms with Crippen molar-refractivity contribution in [3.8, 4) is 0 Å². The highest BCUT2D eigenvalue weighted by Crippen LogP contribution is 2.14. The van der Waals surface area contributed by atoms with Gasteiger partial charge in [0.1, 0.15) is 5.82 Å². The quantitative estimate of drug-likeness (QED) is 0.575. The number of nitrogens with one attached hydrogen (secondary N) is 1. The summed E-state index contributed by atoms with van der Waals surface area (Å²) in [5.41, 5.74) is -0.0474. The lowest BCUT2D eigenvalue weighted by atomic mass is 10.1. The molecule has 0 amide bonds. The van der Waals surface area contributed by atoms with E-state index in [1.165, 1.54) is 18.3 Å². The molecule has 0 radical (unpaired) electrons. The molecule has 0 aliphatic heterocycles. The van der Waals surface area contributed by atoms with E-state index >= 15 is 0 Å². The number of nitrogens with zero attached hydrogens (tertiary/aromatic N) is 2. The van der Waals surface area contributed by atoms with Gasteiger partial charge in [-0.25, -0.2) is 4.98 Å². The third-order valence-corrected chi connectivity index (χ3v) is 2.26. The van der Waals surface area contributed by atoms with Crippen LogP contribution in [-0.2, 0) is 4.79 Å². The van der Waals surface area contributed by atoms with Gasteiger partial charge in [0, 0.05) is 18.8 Å². The van der Waals surface area contributed by atoms with Crippen molar-refractivity contribution in [2.75, 3.05) is 11.9 Å². The van der Waals surface area contributed by atoms with E-state index in [0.717, 1.165) is 0 Å². The highest BCUT2D eigenvalue weighted by molar-refractivity contribution is 5.69. The summed E-state index contributed by atoms with van der Waals surface area (Å²) in [5, 5.41) is 22.0. The zero-order chi connectivity index (χ0) is 12.8. The van der Waals surface area contributed by atoms with Gasteiger partial charge in [0.25, 0.3) is 5.69 Å². The largest absolute Gasteiger partial charge is 0.481 e. The number of carboxylic acids is 1. The van der Waals surface area contributed by atoms with Gasteiger partial charge in [-0.15, -0.1) is 0 Å². The minimum atomic E-state index is -0.862. The van der Waals surface area contributed by atoms with Gasteiger partial charge in [0.2, 0.25) is 0 Å². The third-order valence-electron chi connectivity index (χ3n) is 2.26. The van der Waals surface area contributed by atoms with Crippen molar-refractivity contribution in [1.82, 2.24) is 4.98 Å². The van der Waals surface area contributed by atoms with Crippen LogP contribution in [0, 0.1) is 16.0 Å². The summed E-state index contributed by atoms with van der Waals surface area (Å²) in [7, 11) is 0. The third kappa shape index (κ3) is 4.06. The molecule has 1 unspecified atom stereocenters. The highest BCUT2D eigenvalue weighted by atomic mass is 16.6. The van der Waals surface area contributed by atoms with Crippen LogP contribution in [0.4, 0.5) is 11.5 Å². The lowest BCUT2D eigenvalue weighted by Crippen LogP contribution is -2.14. The van der Waals surface area contributed by atoms with Crippen LogP contribution in [0.2, 0.25) is 0 Å². The Morgan fingerprint density at radius 2 is 2.41 bits per heavy atom. The normalized spacial score (nSPS) is 11.8. The highest BCUT2D eigenvalue weighted by Gasteiger charge is 2.10. The Kier molecular flexibility index (Phi) is 4.38. The van der Waals surface area contributed by atoms with Gasteiger partial charge in [0.05, 0.1) is 16.9 Å². The standard InChI is InChI=1S/C10H13N3O4/c1-7(10(14)15)2-4-11-9-6-8(13(16)17)3-5-12-9/h3,5-7H,2,4H2,1H3,(H,11,12)(H,14,15). The monoisotopic (exact) mass is 239 g/mol. The fraction of sp³-hybridized carbons (Fsp3) is 0.400. The smallest absolute Gasteiger partial charge is 0.306 e. The number of carboxylic acid groups (broad SMARTS) is 1. The summed E-state index contributed by atoms with van der Waals surface area (Å²) in [6.07, 6.45) is 1.76. The first-order valence-electron chi connectivity index (χ1n) is 5.08. The number of anilines is 1. The molecule has 0 saturated carbocycles. The van der Waals surface area contributed by atoms with Gasteiger partial charge >= 0.3 is 5.97 Å². The van der Waals surface area contributed by atoms with Crippen LogP contribution in [0.15, 0.2) is 18.3 Å². The molecule has 2 N–H and O–H groups in total. The van der Waals surface area contributed by atoms with Crippen molar-refractivity contribution in [1.29, 1.82) is 0 Å². The second-order valence-corrected chi connectivity index (χ2v) is 3.61. The molecule has 0 bridgehead atoms. The van der Waals surface area contributed by atoms with Gasteiger partial charge < -0.3 is 10.4 Å². The number of hydrogen-bond donors (Lipinski definition) is 2. The van der Waals surface area contributed by atoms with Crippen molar-refractivity contribution in [3.63, 3.8) is 0 Å². The lowest BCUT2D eigenvalue weighted by molar-refractivity contribution is -0.384. The van der Waals surface area contributed by atoms with Crippen LogP contribution < -0.4 is 5.32 Å². The summed E-state index contributed by atoms with van der Waals surface area (Å²) in [6.45, 7) is 2.01. The Bertz CT molecular complexity index is 422. The predicted molar refractivity (Wildman–Crippen MR) is 60.8 cm³/mol. The van der Waals surface area contributed by atoms with E-state index in [9.17, 15) is 14.9 Å². The maximum Gasteiger partial charge on any atom is 0.306 e. The summed E-state index contributed by atoms with van der Waals surface area (Å²) in [5.74, 6) is -0.947. The Hall–Kier alpha value is -2.18. The average molecular weight is 239 g/mol. The minimum Gasteiger partial charge on any atom is -0.481 e. The Morgan fingerprint density at radius 3 is 3.00 bits per heavy atom. The van der Waals surface area contributed by atoms with E-state index < -0.39 is 16.8 Å². The number of aromatic nitrogens is 1. The molecule has 0 saturated heterocycles. The Morgan fingerprint density at radius 1 is 1.71 bits per heavy atom. The number of aliphatic carboxylic acids is 1. The lowest BCUT2D eigenvalue weighted by Gasteiger charge is -2.07. The second kappa shape index (κ2) is 5.78. The second-order valence-electron chi connectivity index (χ2n) is 3.61. The van der Waals surface area contributed by atoms with Crippen molar-refractivity contribution < 1.29 is 14.8 Å². The van der Waals surface area contributed by atoms with Gasteiger partial charge in [-0.05, 0) is 6.42 Å². The average Bonchev–Trinajstić information content (AvgIpc) is 2.29. The molecule has 92 valence electrons. The zero-order valence-corrected chi connectivity index (χ0v) is 9.29. The fourth-order valence-electron chi connectivity index (χ4n) is 1.17. The van der Waals surface area contributed by atoms with Crippen molar-refractivity contribution >= 4 is 17.5 Å². The van der Waals surface area contributed by atoms with Gasteiger partial charge in [-0.3, -0.25) is 14.9 Å². The van der Waals surface area contributed by atoms with Crippen LogP contribution in [-0.4, -0.2) is 27.5 Å². The van der Waals surface area contributed by atoms with Crippen molar-refractivity contribution in [2.45, 2.75) is 13.3 Å². The van der Waals surface area contributed by atoms with Crippen molar-refractivity contribution in [2.24, 2.45) is 5.92 Å². The fourth-order valence-corrected chi connectivity index (χ4v) is 1.17. The van der Waals surface area contributed by atoms with E-state index in [4.69, 9.17) is 5.11 Å². The molecular weight excluding hydrogens is 226 g/mol. The number of carbonyl (C=O) groups is 1. The predicted octanol–water partition coefficient (Wildman–Crippen LogP) is 1.51. The number of rotatable bonds is 6. The molecule has 0 aliphatic carbocycles. The molecular formula is C10H13N3O4. The molecule has 1 aromatic heterocycles. The van der Waals surface area contributed by atoms with E-state index in [1.54, 1.807) is 6.92 Å². The summed E-state index contributed by atoms with van der Waals surface area (Å²) >= 11 is 0. The first kappa shape index (κ1) is 12.9. The molecule has 1 heterocycles. The first-order chi connectivity index (χ1) is 8.00. The topological polar surface area (TPSA) is 105 Å². The van der Waals surface area contributed by atoms with E-state index in [2.05, 4.69) is 10.3 Å². The molecule has 1 aromatic rings. The molecule has 1 atom stereocenters. The molecule has 0 spiro atoms. The van der Waals surface area contributed by atoms with Crippen LogP contribution in [0.25, 0.3) is 0 Å². The molecule has 0 aliphatic rings. The van der Waals surface area contributed by atoms with Gasteiger partial charge in [-0.1, -0.05) is 6.92 Å². The Balaban J connectivity index is 2.49. The summed E-state index contributed by atoms with van der Waals surface area (Å²) < 4.78 is 0. The van der Waals surface area contributed by atoms with Crippen LogP contribution >= 0.6 is 0 Å². The zero-order valence-electron chi connectivity index (χ0n) is 9.29. The van der Waals surface area contributed by atoms with E-state index in [1.807, 2.05) is 0 Å². The Labute approximate surface area is 97.6 Å². The molecule has 7 nitrogen and oxygen atoms in total. The summed E-state index contributed by atoms with van der Waals surface area (Å²) in [6, 6.07) is 2.61. The van der Waals surface area contributed by atoms with Crippen LogP contribution in [0.5, 0.6) is 0 Å². The number of pyridine rings is 1. The SMILES string of the molecule is CC(CCNc1cc([N+](=O)[O-])ccn1)C(=O)O. The van der Waals surface area contributed by atoms with Gasteiger partial charge in [-0.2, -0.15) is 0 Å². The maximum atomic E-state index is 10.6. The van der Waals surface area contributed by atoms with E-state index in [-0.39, 0.29) is 5.69 Å².